The molecule has 0 aliphatic carbocycles. The highest BCUT2D eigenvalue weighted by molar-refractivity contribution is 5.86. The van der Waals surface area contributed by atoms with Gasteiger partial charge in [-0.25, -0.2) is 9.97 Å². The lowest BCUT2D eigenvalue weighted by Gasteiger charge is -2.03. The zero-order valence-corrected chi connectivity index (χ0v) is 7.04. The average molecular weight is 190 g/mol. The summed E-state index contributed by atoms with van der Waals surface area (Å²) in [5, 5.41) is 10.3. The Kier molecular flexibility index (Phi) is 1.98. The van der Waals surface area contributed by atoms with Crippen LogP contribution in [0.3, 0.4) is 0 Å². The van der Waals surface area contributed by atoms with Crippen LogP contribution in [0.2, 0.25) is 0 Å². The molecule has 1 heterocycles. The molecular formula is C9H6N2O3. The Hall–Kier alpha value is -2.17. The Morgan fingerprint density at radius 1 is 1.43 bits per heavy atom. The van der Waals surface area contributed by atoms with E-state index in [1.807, 2.05) is 0 Å². The fourth-order valence-electron chi connectivity index (χ4n) is 1.17. The molecule has 0 aliphatic rings. The van der Waals surface area contributed by atoms with Crippen molar-refractivity contribution in [2.75, 3.05) is 0 Å². The number of carbonyl (C=O) groups excluding carboxylic acids is 1. The van der Waals surface area contributed by atoms with E-state index in [1.165, 1.54) is 12.4 Å². The molecule has 0 bridgehead atoms. The van der Waals surface area contributed by atoms with E-state index >= 15 is 0 Å². The molecule has 14 heavy (non-hydrogen) atoms. The van der Waals surface area contributed by atoms with Crippen LogP contribution in [-0.2, 0) is 4.79 Å². The van der Waals surface area contributed by atoms with E-state index in [1.54, 1.807) is 12.3 Å². The number of nitrogens with zero attached hydrogens (tertiary/aromatic N) is 2. The fraction of sp³-hybridized carbons (Fsp3) is 0. The highest BCUT2D eigenvalue weighted by atomic mass is 16.5. The molecule has 1 aromatic carbocycles. The van der Waals surface area contributed by atoms with Crippen LogP contribution in [0.25, 0.3) is 10.9 Å². The lowest BCUT2D eigenvalue weighted by molar-refractivity contribution is -0.120. The first-order chi connectivity index (χ1) is 6.83. The third-order valence-corrected chi connectivity index (χ3v) is 1.79. The molecule has 1 aromatic heterocycles. The molecular weight excluding hydrogens is 184 g/mol. The van der Waals surface area contributed by atoms with Crippen LogP contribution in [0.1, 0.15) is 0 Å². The molecule has 0 radical (unpaired) electrons. The molecule has 0 saturated carbocycles. The number of phenols is 1. The van der Waals surface area contributed by atoms with E-state index in [4.69, 9.17) is 0 Å². The van der Waals surface area contributed by atoms with E-state index < -0.39 is 0 Å². The first-order valence-corrected chi connectivity index (χ1v) is 3.85. The minimum atomic E-state index is -0.156. The second kappa shape index (κ2) is 3.29. The second-order valence-corrected chi connectivity index (χ2v) is 2.59. The summed E-state index contributed by atoms with van der Waals surface area (Å²) in [4.78, 5) is 17.8. The summed E-state index contributed by atoms with van der Waals surface area (Å²) < 4.78 is 4.55. The van der Waals surface area contributed by atoms with Gasteiger partial charge in [-0.2, -0.15) is 0 Å². The van der Waals surface area contributed by atoms with Gasteiger partial charge in [0, 0.05) is 11.6 Å². The van der Waals surface area contributed by atoms with E-state index in [0.29, 0.717) is 10.9 Å². The summed E-state index contributed by atoms with van der Waals surface area (Å²) in [6.07, 6.45) is 2.87. The van der Waals surface area contributed by atoms with Gasteiger partial charge in [0.15, 0.2) is 11.5 Å². The zero-order valence-electron chi connectivity index (χ0n) is 7.04. The van der Waals surface area contributed by atoms with Crippen molar-refractivity contribution in [1.82, 2.24) is 9.97 Å². The van der Waals surface area contributed by atoms with Crippen molar-refractivity contribution in [3.8, 4) is 11.5 Å². The Morgan fingerprint density at radius 3 is 3.07 bits per heavy atom. The maximum absolute atomic E-state index is 10.1. The molecule has 5 nitrogen and oxygen atoms in total. The molecule has 0 atom stereocenters. The van der Waals surface area contributed by atoms with Crippen LogP contribution < -0.4 is 4.74 Å². The number of benzene rings is 1. The van der Waals surface area contributed by atoms with Gasteiger partial charge in [0.2, 0.25) is 0 Å². The molecule has 70 valence electrons. The lowest BCUT2D eigenvalue weighted by atomic mass is 10.2. The number of phenolic OH excluding ortho intramolecular Hbond substituents is 1. The number of fused-ring (bicyclic) bond motifs is 1. The van der Waals surface area contributed by atoms with Crippen LogP contribution in [0.4, 0.5) is 0 Å². The largest absolute Gasteiger partial charge is 0.503 e. The topological polar surface area (TPSA) is 72.3 Å². The van der Waals surface area contributed by atoms with E-state index in [9.17, 15) is 9.90 Å². The first-order valence-electron chi connectivity index (χ1n) is 3.85. The van der Waals surface area contributed by atoms with Crippen molar-refractivity contribution < 1.29 is 14.6 Å². The van der Waals surface area contributed by atoms with Crippen molar-refractivity contribution >= 4 is 17.4 Å². The maximum atomic E-state index is 10.1. The summed E-state index contributed by atoms with van der Waals surface area (Å²) in [6.45, 7) is 0.252. The predicted molar refractivity (Wildman–Crippen MR) is 47.9 cm³/mol. The first kappa shape index (κ1) is 8.43. The van der Waals surface area contributed by atoms with Crippen LogP contribution in [-0.4, -0.2) is 21.5 Å². The van der Waals surface area contributed by atoms with Crippen LogP contribution in [0.5, 0.6) is 11.5 Å². The van der Waals surface area contributed by atoms with Crippen molar-refractivity contribution in [3.63, 3.8) is 0 Å². The molecule has 0 aliphatic heterocycles. The van der Waals surface area contributed by atoms with Gasteiger partial charge in [-0.1, -0.05) is 0 Å². The van der Waals surface area contributed by atoms with Crippen LogP contribution in [0.15, 0.2) is 24.7 Å². The third kappa shape index (κ3) is 1.24. The van der Waals surface area contributed by atoms with Crippen molar-refractivity contribution in [2.45, 2.75) is 0 Å². The van der Waals surface area contributed by atoms with Gasteiger partial charge < -0.3 is 9.84 Å². The van der Waals surface area contributed by atoms with Gasteiger partial charge in [0.05, 0.1) is 0 Å². The zero-order chi connectivity index (χ0) is 9.97. The van der Waals surface area contributed by atoms with E-state index in [2.05, 4.69) is 14.7 Å². The van der Waals surface area contributed by atoms with Crippen LogP contribution in [0, 0.1) is 0 Å². The smallest absolute Gasteiger partial charge is 0.298 e. The summed E-state index contributed by atoms with van der Waals surface area (Å²) in [5.41, 5.74) is 0.361. The third-order valence-electron chi connectivity index (χ3n) is 1.79. The molecule has 0 spiro atoms. The van der Waals surface area contributed by atoms with Gasteiger partial charge >= 0.3 is 0 Å². The lowest BCUT2D eigenvalue weighted by Crippen LogP contribution is -1.90. The normalized spacial score (nSPS) is 10.0. The van der Waals surface area contributed by atoms with Gasteiger partial charge in [-0.05, 0) is 12.1 Å². The number of aromatic hydroxyl groups is 1. The fourth-order valence-corrected chi connectivity index (χ4v) is 1.17. The molecule has 0 saturated heterocycles. The number of hydrogen-bond donors (Lipinski definition) is 1. The highest BCUT2D eigenvalue weighted by Gasteiger charge is 2.07. The van der Waals surface area contributed by atoms with Crippen molar-refractivity contribution in [1.29, 1.82) is 0 Å². The minimum absolute atomic E-state index is 0.0891. The molecule has 0 amide bonds. The quantitative estimate of drug-likeness (QED) is 0.711. The summed E-state index contributed by atoms with van der Waals surface area (Å²) in [6, 6.07) is 3.14. The second-order valence-electron chi connectivity index (χ2n) is 2.59. The maximum Gasteiger partial charge on any atom is 0.298 e. The van der Waals surface area contributed by atoms with Gasteiger partial charge in [0.1, 0.15) is 11.8 Å². The van der Waals surface area contributed by atoms with E-state index in [0.717, 1.165) is 0 Å². The summed E-state index contributed by atoms with van der Waals surface area (Å²) in [7, 11) is 0. The standard InChI is InChI=1S/C9H6N2O3/c12-5-14-7-2-1-6-3-10-4-11-8(6)9(7)13/h1-5,13H. The van der Waals surface area contributed by atoms with Gasteiger partial charge in [0.25, 0.3) is 6.47 Å². The van der Waals surface area contributed by atoms with Crippen molar-refractivity contribution in [3.05, 3.63) is 24.7 Å². The number of rotatable bonds is 2. The monoisotopic (exact) mass is 190 g/mol. The summed E-state index contributed by atoms with van der Waals surface area (Å²) >= 11 is 0. The molecule has 5 heteroatoms. The molecule has 1 N–H and O–H groups in total. The van der Waals surface area contributed by atoms with Gasteiger partial charge in [-0.15, -0.1) is 0 Å². The predicted octanol–water partition coefficient (Wildman–Crippen LogP) is 0.871. The highest BCUT2D eigenvalue weighted by Crippen LogP contribution is 2.31. The number of ether oxygens (including phenoxy) is 1. The Labute approximate surface area is 79.0 Å². The molecule has 2 aromatic rings. The average Bonchev–Trinajstić information content (AvgIpc) is 2.23. The Morgan fingerprint density at radius 2 is 2.29 bits per heavy atom. The SMILES string of the molecule is O=COc1ccc2cncnc2c1O. The molecule has 0 unspecified atom stereocenters. The Balaban J connectivity index is 2.68. The number of aromatic nitrogens is 2. The molecule has 0 fully saturated rings. The number of carbonyl (C=O) groups is 1. The van der Waals surface area contributed by atoms with Crippen molar-refractivity contribution in [2.24, 2.45) is 0 Å². The minimum Gasteiger partial charge on any atom is -0.503 e. The van der Waals surface area contributed by atoms with E-state index in [-0.39, 0.29) is 18.0 Å². The molecule has 2 rings (SSSR count). The summed E-state index contributed by atoms with van der Waals surface area (Å²) in [5.74, 6) is -0.0665. The van der Waals surface area contributed by atoms with Crippen LogP contribution >= 0.6 is 0 Å². The van der Waals surface area contributed by atoms with Gasteiger partial charge in [-0.3, -0.25) is 4.79 Å². The Bertz CT molecular complexity index is 484. The number of hydrogen-bond acceptors (Lipinski definition) is 5.